The zero-order valence-corrected chi connectivity index (χ0v) is 18.8. The van der Waals surface area contributed by atoms with Crippen molar-refractivity contribution < 1.29 is 14.0 Å². The Kier molecular flexibility index (Phi) is 6.34. The number of benzene rings is 1. The van der Waals surface area contributed by atoms with Crippen molar-refractivity contribution in [2.45, 2.75) is 38.6 Å². The van der Waals surface area contributed by atoms with E-state index in [0.717, 1.165) is 27.1 Å². The Hall–Kier alpha value is -3.10. The monoisotopic (exact) mass is 452 g/mol. The van der Waals surface area contributed by atoms with Crippen LogP contribution < -0.4 is 16.4 Å². The minimum absolute atomic E-state index is 0.0371. The molecule has 0 spiro atoms. The number of halogens is 1. The van der Waals surface area contributed by atoms with E-state index < -0.39 is 0 Å². The summed E-state index contributed by atoms with van der Waals surface area (Å²) in [5.74, 6) is 0.0733. The summed E-state index contributed by atoms with van der Waals surface area (Å²) in [5.41, 5.74) is 9.49. The van der Waals surface area contributed by atoms with Gasteiger partial charge in [0.1, 0.15) is 11.6 Å². The lowest BCUT2D eigenvalue weighted by molar-refractivity contribution is -0.116. The molecule has 4 N–H and O–H groups in total. The molecule has 1 aliphatic rings. The first-order valence-corrected chi connectivity index (χ1v) is 11.3. The molecule has 166 valence electrons. The van der Waals surface area contributed by atoms with Crippen LogP contribution in [0.2, 0.25) is 0 Å². The molecule has 1 unspecified atom stereocenters. The Morgan fingerprint density at radius 1 is 1.38 bits per heavy atom. The number of anilines is 1. The van der Waals surface area contributed by atoms with Crippen LogP contribution in [0.3, 0.4) is 0 Å². The van der Waals surface area contributed by atoms with Gasteiger partial charge < -0.3 is 16.4 Å². The lowest BCUT2D eigenvalue weighted by Crippen LogP contribution is -2.41. The predicted octanol–water partition coefficient (Wildman–Crippen LogP) is 4.00. The van der Waals surface area contributed by atoms with E-state index in [0.29, 0.717) is 23.5 Å². The van der Waals surface area contributed by atoms with Crippen molar-refractivity contribution in [3.63, 3.8) is 0 Å². The van der Waals surface area contributed by atoms with Gasteiger partial charge in [0.25, 0.3) is 5.91 Å². The molecule has 2 amide bonds. The maximum atomic E-state index is 13.5. The lowest BCUT2D eigenvalue weighted by atomic mass is 9.90. The Bertz CT molecular complexity index is 1180. The van der Waals surface area contributed by atoms with E-state index in [-0.39, 0.29) is 36.1 Å². The molecule has 6 nitrogen and oxygen atoms in total. The van der Waals surface area contributed by atoms with Crippen LogP contribution >= 0.6 is 11.3 Å². The Morgan fingerprint density at radius 2 is 2.19 bits per heavy atom. The number of nitrogens with zero attached hydrogens (tertiary/aromatic N) is 1. The van der Waals surface area contributed by atoms with Crippen LogP contribution in [-0.4, -0.2) is 29.4 Å². The molecule has 2 atom stereocenters. The van der Waals surface area contributed by atoms with Crippen molar-refractivity contribution in [2.75, 3.05) is 11.9 Å². The molecule has 0 radical (unpaired) electrons. The molecule has 0 saturated carbocycles. The Labute approximate surface area is 190 Å². The summed E-state index contributed by atoms with van der Waals surface area (Å²) in [6.07, 6.45) is 2.53. The number of pyridine rings is 1. The standard InChI is InChI=1S/C24H25FN4O2S/c1-13-9-20(30)29-23-21(13)18(6-7-27-23)19-8-14(2)22(32-19)24(31)28-17(12-26)11-15-4-3-5-16(25)10-15/h3-8,10,13,17H,9,11-12,26H2,1-2H3,(H,28,31)(H,27,29,30)/t13-,17?/m0/s1. The molecular weight excluding hydrogens is 427 g/mol. The van der Waals surface area contributed by atoms with Crippen LogP contribution in [0.25, 0.3) is 10.4 Å². The van der Waals surface area contributed by atoms with Gasteiger partial charge in [0.2, 0.25) is 5.91 Å². The second-order valence-electron chi connectivity index (χ2n) is 8.14. The van der Waals surface area contributed by atoms with Crippen LogP contribution in [0.15, 0.2) is 42.6 Å². The van der Waals surface area contributed by atoms with Gasteiger partial charge in [-0.15, -0.1) is 11.3 Å². The quantitative estimate of drug-likeness (QED) is 0.527. The van der Waals surface area contributed by atoms with Crippen molar-refractivity contribution in [3.05, 3.63) is 70.0 Å². The lowest BCUT2D eigenvalue weighted by Gasteiger charge is -2.23. The highest BCUT2D eigenvalue weighted by atomic mass is 32.1. The summed E-state index contributed by atoms with van der Waals surface area (Å²) in [6.45, 7) is 4.15. The van der Waals surface area contributed by atoms with Crippen LogP contribution in [0.4, 0.5) is 10.2 Å². The summed E-state index contributed by atoms with van der Waals surface area (Å²) in [6, 6.07) is 9.91. The summed E-state index contributed by atoms with van der Waals surface area (Å²) in [4.78, 5) is 30.8. The number of rotatable bonds is 6. The van der Waals surface area contributed by atoms with Crippen molar-refractivity contribution in [3.8, 4) is 10.4 Å². The van der Waals surface area contributed by atoms with Gasteiger partial charge in [-0.2, -0.15) is 0 Å². The number of carbonyl (C=O) groups is 2. The van der Waals surface area contributed by atoms with Crippen LogP contribution in [0, 0.1) is 12.7 Å². The van der Waals surface area contributed by atoms with Gasteiger partial charge in [0.15, 0.2) is 0 Å². The van der Waals surface area contributed by atoms with Gasteiger partial charge in [0, 0.05) is 41.2 Å². The predicted molar refractivity (Wildman–Crippen MR) is 124 cm³/mol. The van der Waals surface area contributed by atoms with Gasteiger partial charge in [-0.3, -0.25) is 9.59 Å². The third-order valence-electron chi connectivity index (χ3n) is 5.61. The van der Waals surface area contributed by atoms with E-state index in [2.05, 4.69) is 15.6 Å². The van der Waals surface area contributed by atoms with Crippen molar-refractivity contribution in [1.82, 2.24) is 10.3 Å². The molecular formula is C24H25FN4O2S. The van der Waals surface area contributed by atoms with Gasteiger partial charge in [-0.1, -0.05) is 19.1 Å². The SMILES string of the molecule is Cc1cc(-c2ccnc3c2[C@@H](C)CC(=O)N3)sc1C(=O)NC(CN)Cc1cccc(F)c1. The summed E-state index contributed by atoms with van der Waals surface area (Å²) >= 11 is 1.40. The molecule has 1 aromatic carbocycles. The average molecular weight is 453 g/mol. The van der Waals surface area contributed by atoms with E-state index in [9.17, 15) is 14.0 Å². The maximum absolute atomic E-state index is 13.5. The summed E-state index contributed by atoms with van der Waals surface area (Å²) in [5, 5.41) is 5.83. The van der Waals surface area contributed by atoms with Crippen molar-refractivity contribution in [1.29, 1.82) is 0 Å². The molecule has 8 heteroatoms. The number of nitrogens with one attached hydrogen (secondary N) is 2. The van der Waals surface area contributed by atoms with E-state index in [1.54, 1.807) is 12.3 Å². The number of nitrogens with two attached hydrogens (primary N) is 1. The highest BCUT2D eigenvalue weighted by Crippen LogP contribution is 2.41. The summed E-state index contributed by atoms with van der Waals surface area (Å²) < 4.78 is 13.5. The number of aryl methyl sites for hydroxylation is 1. The van der Waals surface area contributed by atoms with Gasteiger partial charge in [-0.05, 0) is 54.7 Å². The average Bonchev–Trinajstić information content (AvgIpc) is 3.14. The van der Waals surface area contributed by atoms with E-state index in [1.165, 1.54) is 23.5 Å². The van der Waals surface area contributed by atoms with Crippen molar-refractivity contribution >= 4 is 29.0 Å². The Morgan fingerprint density at radius 3 is 2.94 bits per heavy atom. The van der Waals surface area contributed by atoms with Crippen LogP contribution in [0.5, 0.6) is 0 Å². The van der Waals surface area contributed by atoms with E-state index in [1.807, 2.05) is 32.0 Å². The molecule has 0 aliphatic carbocycles. The molecule has 3 heterocycles. The van der Waals surface area contributed by atoms with Gasteiger partial charge in [0.05, 0.1) is 4.88 Å². The molecule has 3 aromatic rings. The zero-order chi connectivity index (χ0) is 22.8. The second-order valence-corrected chi connectivity index (χ2v) is 9.19. The van der Waals surface area contributed by atoms with Gasteiger partial charge >= 0.3 is 0 Å². The fourth-order valence-electron chi connectivity index (χ4n) is 4.08. The number of amides is 2. The number of aromatic nitrogens is 1. The number of hydrogen-bond donors (Lipinski definition) is 3. The molecule has 0 fully saturated rings. The maximum Gasteiger partial charge on any atom is 0.261 e. The molecule has 1 aliphatic heterocycles. The van der Waals surface area contributed by atoms with E-state index >= 15 is 0 Å². The zero-order valence-electron chi connectivity index (χ0n) is 17.9. The third kappa shape index (κ3) is 4.56. The minimum Gasteiger partial charge on any atom is -0.347 e. The first-order chi connectivity index (χ1) is 15.4. The summed E-state index contributed by atoms with van der Waals surface area (Å²) in [7, 11) is 0. The second kappa shape index (κ2) is 9.18. The van der Waals surface area contributed by atoms with Crippen LogP contribution in [0.1, 0.15) is 45.6 Å². The molecule has 2 aromatic heterocycles. The van der Waals surface area contributed by atoms with Crippen molar-refractivity contribution in [2.24, 2.45) is 5.73 Å². The fraction of sp³-hybridized carbons (Fsp3) is 0.292. The topological polar surface area (TPSA) is 97.1 Å². The molecule has 32 heavy (non-hydrogen) atoms. The molecule has 4 rings (SSSR count). The number of hydrogen-bond acceptors (Lipinski definition) is 5. The largest absolute Gasteiger partial charge is 0.347 e. The highest BCUT2D eigenvalue weighted by molar-refractivity contribution is 7.17. The number of carbonyl (C=O) groups excluding carboxylic acids is 2. The smallest absolute Gasteiger partial charge is 0.261 e. The van der Waals surface area contributed by atoms with E-state index in [4.69, 9.17) is 5.73 Å². The first-order valence-electron chi connectivity index (χ1n) is 10.5. The number of fused-ring (bicyclic) bond motifs is 1. The minimum atomic E-state index is -0.311. The third-order valence-corrected chi connectivity index (χ3v) is 6.88. The Balaban J connectivity index is 1.57. The highest BCUT2D eigenvalue weighted by Gasteiger charge is 2.27. The molecule has 0 saturated heterocycles. The number of thiophene rings is 1. The van der Waals surface area contributed by atoms with Gasteiger partial charge in [-0.25, -0.2) is 9.37 Å². The fourth-order valence-corrected chi connectivity index (χ4v) is 5.20. The normalized spacial score (nSPS) is 16.2. The van der Waals surface area contributed by atoms with Crippen LogP contribution in [-0.2, 0) is 11.2 Å². The molecule has 0 bridgehead atoms. The first kappa shape index (κ1) is 22.1.